The first kappa shape index (κ1) is 21.5. The molecule has 2 unspecified atom stereocenters. The Morgan fingerprint density at radius 1 is 1.31 bits per heavy atom. The SMILES string of the molecule is Cc1nc2c3ccccc3nn2c(C)c1CCC(=O)N1CCCC(C(C)N)C1.Cl. The maximum atomic E-state index is 12.8. The van der Waals surface area contributed by atoms with E-state index in [0.29, 0.717) is 18.8 Å². The summed E-state index contributed by atoms with van der Waals surface area (Å²) < 4.78 is 1.92. The van der Waals surface area contributed by atoms with Gasteiger partial charge in [-0.3, -0.25) is 4.79 Å². The van der Waals surface area contributed by atoms with Crippen molar-refractivity contribution in [1.29, 1.82) is 0 Å². The summed E-state index contributed by atoms with van der Waals surface area (Å²) >= 11 is 0. The summed E-state index contributed by atoms with van der Waals surface area (Å²) in [6, 6.07) is 8.20. The molecule has 29 heavy (non-hydrogen) atoms. The maximum Gasteiger partial charge on any atom is 0.222 e. The monoisotopic (exact) mass is 415 g/mol. The summed E-state index contributed by atoms with van der Waals surface area (Å²) in [6.07, 6.45) is 3.35. The number of amides is 1. The van der Waals surface area contributed by atoms with Gasteiger partial charge < -0.3 is 10.6 Å². The number of piperidine rings is 1. The molecule has 1 aromatic carbocycles. The van der Waals surface area contributed by atoms with Gasteiger partial charge in [-0.2, -0.15) is 5.10 Å². The number of benzene rings is 1. The Morgan fingerprint density at radius 3 is 2.83 bits per heavy atom. The van der Waals surface area contributed by atoms with E-state index in [4.69, 9.17) is 15.8 Å². The summed E-state index contributed by atoms with van der Waals surface area (Å²) in [6.45, 7) is 7.78. The maximum absolute atomic E-state index is 12.8. The normalized spacial score (nSPS) is 18.1. The molecular weight excluding hydrogens is 386 g/mol. The number of carbonyl (C=O) groups excluding carboxylic acids is 1. The molecule has 2 N–H and O–H groups in total. The summed E-state index contributed by atoms with van der Waals surface area (Å²) in [4.78, 5) is 19.6. The second kappa shape index (κ2) is 8.67. The van der Waals surface area contributed by atoms with Crippen LogP contribution in [0.2, 0.25) is 0 Å². The van der Waals surface area contributed by atoms with E-state index in [1.807, 2.05) is 41.5 Å². The third kappa shape index (κ3) is 4.09. The molecule has 0 saturated carbocycles. The average molecular weight is 416 g/mol. The number of fused-ring (bicyclic) bond motifs is 3. The second-order valence-corrected chi connectivity index (χ2v) is 8.11. The van der Waals surface area contributed by atoms with Crippen molar-refractivity contribution in [2.75, 3.05) is 13.1 Å². The van der Waals surface area contributed by atoms with Crippen molar-refractivity contribution in [3.63, 3.8) is 0 Å². The molecule has 7 heteroatoms. The van der Waals surface area contributed by atoms with Crippen LogP contribution >= 0.6 is 12.4 Å². The number of likely N-dealkylation sites (tertiary alicyclic amines) is 1. The van der Waals surface area contributed by atoms with Gasteiger partial charge in [-0.15, -0.1) is 12.4 Å². The Hall–Kier alpha value is -2.18. The summed E-state index contributed by atoms with van der Waals surface area (Å²) in [5.74, 6) is 0.630. The van der Waals surface area contributed by atoms with Crippen molar-refractivity contribution >= 4 is 34.9 Å². The molecule has 3 aromatic rings. The first-order valence-corrected chi connectivity index (χ1v) is 10.2. The molecule has 156 valence electrons. The number of aryl methyl sites for hydroxylation is 2. The van der Waals surface area contributed by atoms with Crippen LogP contribution in [0.25, 0.3) is 16.6 Å². The average Bonchev–Trinajstić information content (AvgIpc) is 3.06. The van der Waals surface area contributed by atoms with Crippen LogP contribution < -0.4 is 5.73 Å². The summed E-state index contributed by atoms with van der Waals surface area (Å²) in [5.41, 5.74) is 11.1. The zero-order valence-corrected chi connectivity index (χ0v) is 18.2. The van der Waals surface area contributed by atoms with Gasteiger partial charge in [0.25, 0.3) is 0 Å². The molecule has 2 aromatic heterocycles. The van der Waals surface area contributed by atoms with E-state index in [1.165, 1.54) is 0 Å². The molecule has 0 radical (unpaired) electrons. The molecule has 1 amide bonds. The van der Waals surface area contributed by atoms with E-state index >= 15 is 0 Å². The number of hydrogen-bond acceptors (Lipinski definition) is 4. The number of hydrogen-bond donors (Lipinski definition) is 1. The molecule has 1 aliphatic heterocycles. The fourth-order valence-corrected chi connectivity index (χ4v) is 4.39. The van der Waals surface area contributed by atoms with Crippen LogP contribution in [0, 0.1) is 19.8 Å². The number of carbonyl (C=O) groups is 1. The van der Waals surface area contributed by atoms with Crippen molar-refractivity contribution in [3.8, 4) is 0 Å². The summed E-state index contributed by atoms with van der Waals surface area (Å²) in [7, 11) is 0. The van der Waals surface area contributed by atoms with Crippen LogP contribution in [0.4, 0.5) is 0 Å². The largest absolute Gasteiger partial charge is 0.342 e. The van der Waals surface area contributed by atoms with Crippen LogP contribution in [0.3, 0.4) is 0 Å². The second-order valence-electron chi connectivity index (χ2n) is 8.11. The Balaban J connectivity index is 0.00000240. The van der Waals surface area contributed by atoms with E-state index in [2.05, 4.69) is 13.0 Å². The van der Waals surface area contributed by atoms with Gasteiger partial charge in [0.1, 0.15) is 0 Å². The molecule has 3 heterocycles. The standard InChI is InChI=1S/C22H29N5O.ClH/c1-14(23)17-7-6-12-26(13-17)21(28)11-10-18-15(2)24-22-19-8-4-5-9-20(19)25-27(22)16(18)3;/h4-5,8-9,14,17H,6-7,10-13,23H2,1-3H3;1H. The highest BCUT2D eigenvalue weighted by Gasteiger charge is 2.26. The molecule has 1 fully saturated rings. The van der Waals surface area contributed by atoms with E-state index < -0.39 is 0 Å². The number of nitrogens with zero attached hydrogens (tertiary/aromatic N) is 4. The third-order valence-electron chi connectivity index (χ3n) is 6.16. The number of aromatic nitrogens is 3. The van der Waals surface area contributed by atoms with Crippen LogP contribution in [0.1, 0.15) is 43.1 Å². The number of halogens is 1. The van der Waals surface area contributed by atoms with Crippen molar-refractivity contribution in [2.45, 2.75) is 52.5 Å². The topological polar surface area (TPSA) is 76.5 Å². The fourth-order valence-electron chi connectivity index (χ4n) is 4.39. The molecule has 0 aliphatic carbocycles. The first-order chi connectivity index (χ1) is 13.5. The molecule has 2 atom stereocenters. The number of rotatable bonds is 4. The van der Waals surface area contributed by atoms with Gasteiger partial charge in [-0.1, -0.05) is 12.1 Å². The van der Waals surface area contributed by atoms with Gasteiger partial charge in [-0.05, 0) is 63.6 Å². The van der Waals surface area contributed by atoms with Gasteiger partial charge in [0.15, 0.2) is 5.65 Å². The lowest BCUT2D eigenvalue weighted by Gasteiger charge is -2.34. The van der Waals surface area contributed by atoms with Crippen LogP contribution in [0.15, 0.2) is 24.3 Å². The predicted octanol–water partition coefficient (Wildman–Crippen LogP) is 3.44. The van der Waals surface area contributed by atoms with E-state index in [1.54, 1.807) is 0 Å². The van der Waals surface area contributed by atoms with Crippen molar-refractivity contribution in [1.82, 2.24) is 19.5 Å². The summed E-state index contributed by atoms with van der Waals surface area (Å²) in [5, 5.41) is 5.77. The lowest BCUT2D eigenvalue weighted by atomic mass is 9.92. The van der Waals surface area contributed by atoms with E-state index in [-0.39, 0.29) is 24.4 Å². The van der Waals surface area contributed by atoms with E-state index in [9.17, 15) is 4.79 Å². The Kier molecular flexibility index (Phi) is 6.44. The lowest BCUT2D eigenvalue weighted by Crippen LogP contribution is -2.45. The van der Waals surface area contributed by atoms with Gasteiger partial charge in [0.05, 0.1) is 5.52 Å². The third-order valence-corrected chi connectivity index (χ3v) is 6.16. The minimum absolute atomic E-state index is 0. The fraction of sp³-hybridized carbons (Fsp3) is 0.500. The van der Waals surface area contributed by atoms with Crippen molar-refractivity contribution in [3.05, 3.63) is 41.2 Å². The van der Waals surface area contributed by atoms with Crippen molar-refractivity contribution in [2.24, 2.45) is 11.7 Å². The minimum atomic E-state index is 0. The van der Waals surface area contributed by atoms with Crippen LogP contribution in [-0.4, -0.2) is 44.5 Å². The zero-order valence-electron chi connectivity index (χ0n) is 17.4. The molecule has 4 rings (SSSR count). The van der Waals surface area contributed by atoms with Gasteiger partial charge in [0.2, 0.25) is 5.91 Å². The van der Waals surface area contributed by atoms with Gasteiger partial charge in [0, 0.05) is 42.3 Å². The Morgan fingerprint density at radius 2 is 2.07 bits per heavy atom. The smallest absolute Gasteiger partial charge is 0.222 e. The quantitative estimate of drug-likeness (QED) is 0.708. The molecular formula is C22H30ClN5O. The molecule has 0 spiro atoms. The van der Waals surface area contributed by atoms with Gasteiger partial charge >= 0.3 is 0 Å². The highest BCUT2D eigenvalue weighted by atomic mass is 35.5. The Labute approximate surface area is 177 Å². The number of nitrogens with two attached hydrogens (primary N) is 1. The predicted molar refractivity (Wildman–Crippen MR) is 118 cm³/mol. The molecule has 0 bridgehead atoms. The van der Waals surface area contributed by atoms with Gasteiger partial charge in [-0.25, -0.2) is 9.50 Å². The van der Waals surface area contributed by atoms with E-state index in [0.717, 1.165) is 59.4 Å². The lowest BCUT2D eigenvalue weighted by molar-refractivity contribution is -0.133. The highest BCUT2D eigenvalue weighted by molar-refractivity contribution is 5.92. The zero-order chi connectivity index (χ0) is 19.8. The Bertz CT molecular complexity index is 1030. The molecule has 1 saturated heterocycles. The highest BCUT2D eigenvalue weighted by Crippen LogP contribution is 2.24. The van der Waals surface area contributed by atoms with Crippen molar-refractivity contribution < 1.29 is 4.79 Å². The minimum Gasteiger partial charge on any atom is -0.342 e. The molecule has 6 nitrogen and oxygen atoms in total. The van der Waals surface area contributed by atoms with Crippen LogP contribution in [0.5, 0.6) is 0 Å². The molecule has 1 aliphatic rings. The first-order valence-electron chi connectivity index (χ1n) is 10.2. The van der Waals surface area contributed by atoms with Crippen LogP contribution in [-0.2, 0) is 11.2 Å².